The molecular formula is C15H24N4O2. The van der Waals surface area contributed by atoms with E-state index >= 15 is 0 Å². The smallest absolute Gasteiger partial charge is 0.226 e. The summed E-state index contributed by atoms with van der Waals surface area (Å²) < 4.78 is 5.54. The summed E-state index contributed by atoms with van der Waals surface area (Å²) in [5.74, 6) is 1.18. The number of nitrogens with zero attached hydrogens (tertiary/aromatic N) is 3. The molecule has 1 saturated heterocycles. The van der Waals surface area contributed by atoms with E-state index in [-0.39, 0.29) is 17.9 Å². The number of carbonyl (C=O) groups is 1. The molecule has 0 radical (unpaired) electrons. The topological polar surface area (TPSA) is 71.1 Å². The second-order valence-electron chi connectivity index (χ2n) is 6.04. The van der Waals surface area contributed by atoms with E-state index in [0.29, 0.717) is 19.8 Å². The standard InChI is InChI=1S/C15H24N4O2/c20-15(12-6-4-2-1-3-5-7-12)19-8-9-21-10-13(19)14-16-11-17-18-14/h11-13H,1-10H2,(H,16,17,18). The minimum atomic E-state index is -0.112. The van der Waals surface area contributed by atoms with E-state index in [1.54, 1.807) is 0 Å². The number of hydrogen-bond donors (Lipinski definition) is 1. The summed E-state index contributed by atoms with van der Waals surface area (Å²) in [6.07, 6.45) is 9.73. The average molecular weight is 292 g/mol. The van der Waals surface area contributed by atoms with E-state index in [1.165, 1.54) is 38.4 Å². The van der Waals surface area contributed by atoms with Gasteiger partial charge in [-0.05, 0) is 12.8 Å². The van der Waals surface area contributed by atoms with Gasteiger partial charge in [0.15, 0.2) is 0 Å². The maximum Gasteiger partial charge on any atom is 0.226 e. The Morgan fingerprint density at radius 2 is 2.00 bits per heavy atom. The van der Waals surface area contributed by atoms with Gasteiger partial charge < -0.3 is 9.64 Å². The third-order valence-corrected chi connectivity index (χ3v) is 4.62. The number of aromatic amines is 1. The van der Waals surface area contributed by atoms with E-state index in [9.17, 15) is 4.79 Å². The molecule has 1 atom stereocenters. The lowest BCUT2D eigenvalue weighted by molar-refractivity contribution is -0.145. The Hall–Kier alpha value is -1.43. The predicted octanol–water partition coefficient (Wildman–Crippen LogP) is 2.07. The summed E-state index contributed by atoms with van der Waals surface area (Å²) in [7, 11) is 0. The fourth-order valence-electron chi connectivity index (χ4n) is 3.41. The molecule has 6 heteroatoms. The Labute approximate surface area is 125 Å². The number of ether oxygens (including phenoxy) is 1. The monoisotopic (exact) mass is 292 g/mol. The predicted molar refractivity (Wildman–Crippen MR) is 77.5 cm³/mol. The fraction of sp³-hybridized carbons (Fsp3) is 0.800. The van der Waals surface area contributed by atoms with Crippen molar-refractivity contribution >= 4 is 5.91 Å². The second kappa shape index (κ2) is 7.02. The van der Waals surface area contributed by atoms with Crippen LogP contribution in [-0.2, 0) is 9.53 Å². The van der Waals surface area contributed by atoms with Crippen molar-refractivity contribution in [2.75, 3.05) is 19.8 Å². The van der Waals surface area contributed by atoms with Crippen LogP contribution in [0.15, 0.2) is 6.33 Å². The van der Waals surface area contributed by atoms with Gasteiger partial charge in [-0.3, -0.25) is 9.89 Å². The Morgan fingerprint density at radius 3 is 2.71 bits per heavy atom. The number of aromatic nitrogens is 3. The van der Waals surface area contributed by atoms with Crippen LogP contribution < -0.4 is 0 Å². The molecule has 21 heavy (non-hydrogen) atoms. The molecule has 2 heterocycles. The van der Waals surface area contributed by atoms with Gasteiger partial charge in [-0.1, -0.05) is 32.1 Å². The van der Waals surface area contributed by atoms with Crippen molar-refractivity contribution in [1.29, 1.82) is 0 Å². The molecule has 0 spiro atoms. The quantitative estimate of drug-likeness (QED) is 0.905. The van der Waals surface area contributed by atoms with E-state index in [2.05, 4.69) is 15.2 Å². The van der Waals surface area contributed by atoms with Crippen LogP contribution in [0.3, 0.4) is 0 Å². The molecule has 1 aliphatic carbocycles. The third-order valence-electron chi connectivity index (χ3n) is 4.62. The van der Waals surface area contributed by atoms with Gasteiger partial charge in [-0.15, -0.1) is 0 Å². The average Bonchev–Trinajstić information content (AvgIpc) is 3.00. The molecule has 6 nitrogen and oxygen atoms in total. The van der Waals surface area contributed by atoms with Gasteiger partial charge in [0, 0.05) is 12.5 Å². The van der Waals surface area contributed by atoms with Crippen LogP contribution in [0.1, 0.15) is 56.8 Å². The van der Waals surface area contributed by atoms with Gasteiger partial charge >= 0.3 is 0 Å². The van der Waals surface area contributed by atoms with Gasteiger partial charge in [-0.25, -0.2) is 4.98 Å². The first-order chi connectivity index (χ1) is 10.4. The third kappa shape index (κ3) is 3.43. The van der Waals surface area contributed by atoms with Crippen molar-refractivity contribution in [1.82, 2.24) is 20.1 Å². The van der Waals surface area contributed by atoms with Gasteiger partial charge in [0.1, 0.15) is 18.2 Å². The van der Waals surface area contributed by atoms with E-state index in [1.807, 2.05) is 4.90 Å². The first kappa shape index (κ1) is 14.5. The molecule has 1 unspecified atom stereocenters. The van der Waals surface area contributed by atoms with Crippen molar-refractivity contribution in [3.8, 4) is 0 Å². The number of amides is 1. The van der Waals surface area contributed by atoms with Crippen LogP contribution in [0.25, 0.3) is 0 Å². The molecule has 0 aromatic carbocycles. The van der Waals surface area contributed by atoms with Crippen molar-refractivity contribution in [3.63, 3.8) is 0 Å². The Bertz CT molecular complexity index is 441. The summed E-state index contributed by atoms with van der Waals surface area (Å²) in [4.78, 5) is 19.1. The summed E-state index contributed by atoms with van der Waals surface area (Å²) in [5.41, 5.74) is 0. The summed E-state index contributed by atoms with van der Waals surface area (Å²) in [6, 6.07) is -0.112. The van der Waals surface area contributed by atoms with Crippen molar-refractivity contribution in [2.45, 2.75) is 51.0 Å². The van der Waals surface area contributed by atoms with Gasteiger partial charge in [0.2, 0.25) is 5.91 Å². The van der Waals surface area contributed by atoms with E-state index in [0.717, 1.165) is 18.7 Å². The van der Waals surface area contributed by atoms with Crippen LogP contribution in [0.2, 0.25) is 0 Å². The van der Waals surface area contributed by atoms with Crippen molar-refractivity contribution < 1.29 is 9.53 Å². The molecular weight excluding hydrogens is 268 g/mol. The number of carbonyl (C=O) groups excluding carboxylic acids is 1. The fourth-order valence-corrected chi connectivity index (χ4v) is 3.41. The van der Waals surface area contributed by atoms with Crippen LogP contribution in [0, 0.1) is 5.92 Å². The maximum absolute atomic E-state index is 12.9. The normalized spacial score (nSPS) is 25.3. The summed E-state index contributed by atoms with van der Waals surface area (Å²) in [6.45, 7) is 1.78. The first-order valence-corrected chi connectivity index (χ1v) is 8.10. The van der Waals surface area contributed by atoms with Crippen LogP contribution >= 0.6 is 0 Å². The zero-order valence-electron chi connectivity index (χ0n) is 12.5. The minimum absolute atomic E-state index is 0.112. The van der Waals surface area contributed by atoms with Crippen LogP contribution in [0.5, 0.6) is 0 Å². The first-order valence-electron chi connectivity index (χ1n) is 8.10. The Morgan fingerprint density at radius 1 is 1.24 bits per heavy atom. The van der Waals surface area contributed by atoms with Crippen molar-refractivity contribution in [3.05, 3.63) is 12.2 Å². The van der Waals surface area contributed by atoms with Gasteiger partial charge in [0.05, 0.1) is 13.2 Å². The zero-order valence-corrected chi connectivity index (χ0v) is 12.5. The number of rotatable bonds is 2. The highest BCUT2D eigenvalue weighted by atomic mass is 16.5. The molecule has 1 saturated carbocycles. The molecule has 0 bridgehead atoms. The van der Waals surface area contributed by atoms with Crippen molar-refractivity contribution in [2.24, 2.45) is 5.92 Å². The number of hydrogen-bond acceptors (Lipinski definition) is 4. The maximum atomic E-state index is 12.9. The number of H-pyrrole nitrogens is 1. The van der Waals surface area contributed by atoms with Gasteiger partial charge in [0.25, 0.3) is 0 Å². The SMILES string of the molecule is O=C(C1CCCCCCC1)N1CCOCC1c1ncn[nH]1. The highest BCUT2D eigenvalue weighted by molar-refractivity contribution is 5.79. The van der Waals surface area contributed by atoms with E-state index in [4.69, 9.17) is 4.74 Å². The minimum Gasteiger partial charge on any atom is -0.377 e. The highest BCUT2D eigenvalue weighted by Crippen LogP contribution is 2.28. The lowest BCUT2D eigenvalue weighted by atomic mass is 9.89. The molecule has 2 fully saturated rings. The molecule has 1 aliphatic heterocycles. The van der Waals surface area contributed by atoms with Crippen LogP contribution in [0.4, 0.5) is 0 Å². The zero-order chi connectivity index (χ0) is 14.5. The van der Waals surface area contributed by atoms with E-state index < -0.39 is 0 Å². The Kier molecular flexibility index (Phi) is 4.85. The summed E-state index contributed by atoms with van der Waals surface area (Å²) >= 11 is 0. The molecule has 1 amide bonds. The van der Waals surface area contributed by atoms with Crippen LogP contribution in [-0.4, -0.2) is 45.7 Å². The Balaban J connectivity index is 1.71. The molecule has 1 aromatic rings. The highest BCUT2D eigenvalue weighted by Gasteiger charge is 2.34. The lowest BCUT2D eigenvalue weighted by Gasteiger charge is -2.36. The molecule has 3 rings (SSSR count). The molecule has 116 valence electrons. The number of morpholine rings is 1. The molecule has 1 aromatic heterocycles. The summed E-state index contributed by atoms with van der Waals surface area (Å²) in [5, 5.41) is 6.78. The molecule has 2 aliphatic rings. The largest absolute Gasteiger partial charge is 0.377 e. The second-order valence-corrected chi connectivity index (χ2v) is 6.04. The number of nitrogens with one attached hydrogen (secondary N) is 1. The lowest BCUT2D eigenvalue weighted by Crippen LogP contribution is -2.46. The van der Waals surface area contributed by atoms with Gasteiger partial charge in [-0.2, -0.15) is 5.10 Å². The molecule has 1 N–H and O–H groups in total.